The molecule has 0 saturated carbocycles. The summed E-state index contributed by atoms with van der Waals surface area (Å²) in [6, 6.07) is 24.4. The number of ether oxygens (including phenoxy) is 4. The number of nitrogens with one attached hydrogen (secondary N) is 1. The molecule has 4 aromatic rings. The van der Waals surface area contributed by atoms with Crippen molar-refractivity contribution in [1.82, 2.24) is 9.55 Å². The van der Waals surface area contributed by atoms with Crippen LogP contribution in [0.2, 0.25) is 0 Å². The molecule has 1 aliphatic heterocycles. The molecule has 2 heterocycles. The molecular formula is C35H41N2O10P. The van der Waals surface area contributed by atoms with Crippen LogP contribution in [-0.2, 0) is 30.6 Å². The van der Waals surface area contributed by atoms with E-state index in [1.807, 2.05) is 78.9 Å². The van der Waals surface area contributed by atoms with Crippen LogP contribution in [0.4, 0.5) is 0 Å². The highest BCUT2D eigenvalue weighted by Crippen LogP contribution is 2.46. The van der Waals surface area contributed by atoms with E-state index < -0.39 is 43.1 Å². The molecule has 3 N–H and O–H groups in total. The van der Waals surface area contributed by atoms with E-state index in [0.29, 0.717) is 23.5 Å². The second-order valence-corrected chi connectivity index (χ2v) is 12.8. The van der Waals surface area contributed by atoms with Gasteiger partial charge in [-0.3, -0.25) is 18.9 Å². The van der Waals surface area contributed by atoms with Gasteiger partial charge < -0.3 is 28.7 Å². The maximum absolute atomic E-state index is 13.0. The van der Waals surface area contributed by atoms with Crippen LogP contribution in [0.1, 0.15) is 61.1 Å². The number of hydrogen-bond donors (Lipinski definition) is 3. The zero-order valence-corrected chi connectivity index (χ0v) is 28.0. The fourth-order valence-electron chi connectivity index (χ4n) is 6.07. The molecule has 12 nitrogen and oxygen atoms in total. The van der Waals surface area contributed by atoms with E-state index in [1.165, 1.54) is 10.8 Å². The summed E-state index contributed by atoms with van der Waals surface area (Å²) in [5.74, 6) is 1.29. The number of unbranched alkanes of at least 4 members (excludes halogenated alkanes) is 2. The number of nitrogens with zero attached hydrogens (tertiary/aromatic N) is 1. The van der Waals surface area contributed by atoms with Crippen LogP contribution in [0.15, 0.2) is 94.6 Å². The first-order valence-electron chi connectivity index (χ1n) is 15.8. The molecule has 3 atom stereocenters. The van der Waals surface area contributed by atoms with Crippen molar-refractivity contribution in [2.24, 2.45) is 0 Å². The van der Waals surface area contributed by atoms with Crippen molar-refractivity contribution >= 4 is 7.82 Å². The Bertz CT molecular complexity index is 1760. The number of aryl methyl sites for hydroxylation is 1. The van der Waals surface area contributed by atoms with Gasteiger partial charge >= 0.3 is 13.5 Å². The minimum absolute atomic E-state index is 0.0805. The number of hydrogen-bond acceptors (Lipinski definition) is 8. The van der Waals surface area contributed by atoms with Crippen molar-refractivity contribution in [3.63, 3.8) is 0 Å². The minimum atomic E-state index is -4.98. The van der Waals surface area contributed by atoms with Crippen molar-refractivity contribution in [3.8, 4) is 11.5 Å². The van der Waals surface area contributed by atoms with Gasteiger partial charge in [-0.05, 0) is 53.8 Å². The monoisotopic (exact) mass is 680 g/mol. The molecule has 0 aliphatic carbocycles. The van der Waals surface area contributed by atoms with Crippen molar-refractivity contribution < 1.29 is 37.8 Å². The lowest BCUT2D eigenvalue weighted by Crippen LogP contribution is -2.38. The molecule has 0 bridgehead atoms. The number of aromatic nitrogens is 2. The Labute approximate surface area is 278 Å². The molecule has 5 rings (SSSR count). The van der Waals surface area contributed by atoms with E-state index in [9.17, 15) is 23.9 Å². The van der Waals surface area contributed by atoms with Crippen molar-refractivity contribution in [2.75, 3.05) is 20.8 Å². The lowest BCUT2D eigenvalue weighted by atomic mass is 9.80. The van der Waals surface area contributed by atoms with E-state index >= 15 is 0 Å². The van der Waals surface area contributed by atoms with Gasteiger partial charge in [-0.25, -0.2) is 9.36 Å². The predicted octanol–water partition coefficient (Wildman–Crippen LogP) is 5.06. The smallest absolute Gasteiger partial charge is 0.469 e. The average molecular weight is 681 g/mol. The lowest BCUT2D eigenvalue weighted by molar-refractivity contribution is -0.0934. The van der Waals surface area contributed by atoms with E-state index in [-0.39, 0.29) is 13.0 Å². The van der Waals surface area contributed by atoms with Crippen molar-refractivity contribution in [1.29, 1.82) is 0 Å². The maximum atomic E-state index is 13.0. The number of benzene rings is 3. The van der Waals surface area contributed by atoms with E-state index in [4.69, 9.17) is 23.5 Å². The molecule has 1 saturated heterocycles. The summed E-state index contributed by atoms with van der Waals surface area (Å²) in [5.41, 5.74) is 0.271. The van der Waals surface area contributed by atoms with E-state index in [0.717, 1.165) is 36.0 Å². The van der Waals surface area contributed by atoms with Gasteiger partial charge in [0.2, 0.25) is 0 Å². The Kier molecular flexibility index (Phi) is 11.4. The second-order valence-electron chi connectivity index (χ2n) is 11.6. The Balaban J connectivity index is 1.55. The van der Waals surface area contributed by atoms with Gasteiger partial charge in [-0.15, -0.1) is 0 Å². The largest absolute Gasteiger partial charge is 0.497 e. The topological polar surface area (TPSA) is 159 Å². The molecule has 0 unspecified atom stereocenters. The lowest BCUT2D eigenvalue weighted by Gasteiger charge is -2.37. The molecule has 1 aromatic heterocycles. The number of phosphoric acid groups is 1. The number of methoxy groups -OCH3 is 2. The van der Waals surface area contributed by atoms with E-state index in [1.54, 1.807) is 14.2 Å². The van der Waals surface area contributed by atoms with E-state index in [2.05, 4.69) is 11.9 Å². The third kappa shape index (κ3) is 7.98. The molecule has 3 aromatic carbocycles. The highest BCUT2D eigenvalue weighted by atomic mass is 31.2. The number of H-pyrrole nitrogens is 1. The third-order valence-electron chi connectivity index (χ3n) is 8.49. The zero-order chi connectivity index (χ0) is 34.3. The Morgan fingerprint density at radius 2 is 1.48 bits per heavy atom. The standard InChI is InChI=1S/C35H41N2O10P/c1-4-5-7-10-24-22-37(34(39)36-33(24)38)32-21-30(47-48(40,41)42)31(46-32)23-45-35(25-11-8-6-9-12-25,26-13-17-28(43-2)18-14-26)27-15-19-29(44-3)20-16-27/h6,8-9,11-20,22,30-32H,4-5,7,10,21,23H2,1-3H3,(H,36,38,39)(H2,40,41,42)/t30-,31+,32+/m0/s1. The second kappa shape index (κ2) is 15.5. The summed E-state index contributed by atoms with van der Waals surface area (Å²) in [4.78, 5) is 47.5. The van der Waals surface area contributed by atoms with Gasteiger partial charge in [0.15, 0.2) is 0 Å². The highest BCUT2D eigenvalue weighted by Gasteiger charge is 2.45. The van der Waals surface area contributed by atoms with Crippen molar-refractivity contribution in [2.45, 2.75) is 63.1 Å². The van der Waals surface area contributed by atoms with Gasteiger partial charge in [-0.1, -0.05) is 74.4 Å². The molecule has 0 amide bonds. The van der Waals surface area contributed by atoms with Crippen molar-refractivity contribution in [3.05, 3.63) is 128 Å². The van der Waals surface area contributed by atoms with Crippen LogP contribution in [0, 0.1) is 0 Å². The minimum Gasteiger partial charge on any atom is -0.497 e. The van der Waals surface area contributed by atoms with Crippen LogP contribution in [-0.4, -0.2) is 52.4 Å². The average Bonchev–Trinajstić information content (AvgIpc) is 3.47. The summed E-state index contributed by atoms with van der Waals surface area (Å²) in [6.07, 6.45) is 1.33. The van der Waals surface area contributed by atoms with Crippen LogP contribution in [0.3, 0.4) is 0 Å². The molecule has 0 radical (unpaired) electrons. The molecule has 48 heavy (non-hydrogen) atoms. The number of rotatable bonds is 15. The quantitative estimate of drug-likeness (QED) is 0.0881. The summed E-state index contributed by atoms with van der Waals surface area (Å²) >= 11 is 0. The SMILES string of the molecule is CCCCCc1cn([C@H]2C[C@H](OP(=O)(O)O)[C@@H](COC(c3ccccc3)(c3ccc(OC)cc3)c3ccc(OC)cc3)O2)c(=O)[nH]c1=O. The Hall–Kier alpha value is -4.03. The molecule has 1 fully saturated rings. The van der Waals surface area contributed by atoms with Gasteiger partial charge in [0.25, 0.3) is 5.56 Å². The van der Waals surface area contributed by atoms with Crippen LogP contribution >= 0.6 is 7.82 Å². The summed E-state index contributed by atoms with van der Waals surface area (Å²) in [5, 5.41) is 0. The van der Waals surface area contributed by atoms with Crippen LogP contribution in [0.25, 0.3) is 0 Å². The third-order valence-corrected chi connectivity index (χ3v) is 9.04. The summed E-state index contributed by atoms with van der Waals surface area (Å²) < 4.78 is 42.6. The fourth-order valence-corrected chi connectivity index (χ4v) is 6.65. The first-order chi connectivity index (χ1) is 23.1. The van der Waals surface area contributed by atoms with Gasteiger partial charge in [-0.2, -0.15) is 0 Å². The molecule has 0 spiro atoms. The molecule has 13 heteroatoms. The Morgan fingerprint density at radius 3 is 2.02 bits per heavy atom. The first-order valence-corrected chi connectivity index (χ1v) is 17.3. The summed E-state index contributed by atoms with van der Waals surface area (Å²) in [7, 11) is -1.82. The summed E-state index contributed by atoms with van der Waals surface area (Å²) in [6.45, 7) is 1.85. The van der Waals surface area contributed by atoms with Gasteiger partial charge in [0.05, 0.1) is 20.8 Å². The predicted molar refractivity (Wildman–Crippen MR) is 178 cm³/mol. The maximum Gasteiger partial charge on any atom is 0.469 e. The van der Waals surface area contributed by atoms with Gasteiger partial charge in [0.1, 0.15) is 35.5 Å². The molecule has 256 valence electrons. The molecular weight excluding hydrogens is 639 g/mol. The normalized spacial score (nSPS) is 18.1. The number of phosphoric ester groups is 1. The van der Waals surface area contributed by atoms with Gasteiger partial charge in [0, 0.05) is 18.2 Å². The van der Waals surface area contributed by atoms with Crippen LogP contribution < -0.4 is 20.7 Å². The Morgan fingerprint density at radius 1 is 0.896 bits per heavy atom. The zero-order valence-electron chi connectivity index (χ0n) is 27.1. The first kappa shape index (κ1) is 35.3. The molecule has 1 aliphatic rings. The fraction of sp³-hybridized carbons (Fsp3) is 0.371. The number of aromatic amines is 1. The highest BCUT2D eigenvalue weighted by molar-refractivity contribution is 7.46. The van der Waals surface area contributed by atoms with Crippen LogP contribution in [0.5, 0.6) is 11.5 Å².